The summed E-state index contributed by atoms with van der Waals surface area (Å²) in [5, 5.41) is 2.99. The van der Waals surface area contributed by atoms with Crippen LogP contribution in [0.15, 0.2) is 12.1 Å². The molecule has 1 aliphatic rings. The zero-order valence-electron chi connectivity index (χ0n) is 12.5. The summed E-state index contributed by atoms with van der Waals surface area (Å²) in [5.74, 6) is 1.95. The zero-order chi connectivity index (χ0) is 14.5. The smallest absolute Gasteiger partial charge is 0.224 e. The Kier molecular flexibility index (Phi) is 4.88. The number of hydrogen-bond acceptors (Lipinski definition) is 3. The Morgan fingerprint density at radius 1 is 1.20 bits per heavy atom. The highest BCUT2D eigenvalue weighted by Gasteiger charge is 2.19. The summed E-state index contributed by atoms with van der Waals surface area (Å²) in [6.07, 6.45) is 5.49. The van der Waals surface area contributed by atoms with E-state index in [-0.39, 0.29) is 5.91 Å². The van der Waals surface area contributed by atoms with Crippen LogP contribution in [0.25, 0.3) is 0 Å². The molecule has 0 aliphatic heterocycles. The van der Waals surface area contributed by atoms with Crippen LogP contribution in [0.5, 0.6) is 11.5 Å². The van der Waals surface area contributed by atoms with Crippen molar-refractivity contribution in [1.29, 1.82) is 0 Å². The van der Waals surface area contributed by atoms with Crippen molar-refractivity contribution in [1.82, 2.24) is 0 Å². The lowest BCUT2D eigenvalue weighted by Gasteiger charge is -2.14. The van der Waals surface area contributed by atoms with Crippen LogP contribution in [0.3, 0.4) is 0 Å². The first-order valence-corrected chi connectivity index (χ1v) is 7.16. The third-order valence-corrected chi connectivity index (χ3v) is 3.95. The molecule has 0 spiro atoms. The van der Waals surface area contributed by atoms with Crippen LogP contribution in [-0.2, 0) is 4.79 Å². The summed E-state index contributed by atoms with van der Waals surface area (Å²) >= 11 is 0. The Balaban J connectivity index is 2.06. The van der Waals surface area contributed by atoms with Gasteiger partial charge in [0.05, 0.1) is 14.2 Å². The molecule has 4 heteroatoms. The number of aryl methyl sites for hydroxylation is 1. The van der Waals surface area contributed by atoms with Crippen LogP contribution >= 0.6 is 0 Å². The van der Waals surface area contributed by atoms with Gasteiger partial charge in [-0.2, -0.15) is 0 Å². The minimum Gasteiger partial charge on any atom is -0.493 e. The number of nitrogens with one attached hydrogen (secondary N) is 1. The molecule has 4 nitrogen and oxygen atoms in total. The summed E-state index contributed by atoms with van der Waals surface area (Å²) in [5.41, 5.74) is 1.77. The van der Waals surface area contributed by atoms with Gasteiger partial charge in [0.1, 0.15) is 0 Å². The molecule has 0 aromatic heterocycles. The third-order valence-electron chi connectivity index (χ3n) is 3.95. The van der Waals surface area contributed by atoms with E-state index in [1.165, 1.54) is 25.7 Å². The van der Waals surface area contributed by atoms with Crippen LogP contribution in [0.4, 0.5) is 5.69 Å². The average molecular weight is 277 g/mol. The molecular weight excluding hydrogens is 254 g/mol. The SMILES string of the molecule is COc1cc(C)c(NC(=O)CC2CCCC2)cc1OC. The molecule has 0 radical (unpaired) electrons. The number of ether oxygens (including phenoxy) is 2. The lowest BCUT2D eigenvalue weighted by Crippen LogP contribution is -2.16. The number of anilines is 1. The highest BCUT2D eigenvalue weighted by atomic mass is 16.5. The van der Waals surface area contributed by atoms with Crippen molar-refractivity contribution in [2.75, 3.05) is 19.5 Å². The largest absolute Gasteiger partial charge is 0.493 e. The average Bonchev–Trinajstić information content (AvgIpc) is 2.93. The number of hydrogen-bond donors (Lipinski definition) is 1. The van der Waals surface area contributed by atoms with Crippen LogP contribution in [0, 0.1) is 12.8 Å². The molecule has 0 unspecified atom stereocenters. The fraction of sp³-hybridized carbons (Fsp3) is 0.562. The first-order valence-electron chi connectivity index (χ1n) is 7.16. The second kappa shape index (κ2) is 6.64. The predicted octanol–water partition coefficient (Wildman–Crippen LogP) is 3.53. The lowest BCUT2D eigenvalue weighted by atomic mass is 10.0. The molecule has 1 aromatic carbocycles. The van der Waals surface area contributed by atoms with Crippen LogP contribution in [0.2, 0.25) is 0 Å². The van der Waals surface area contributed by atoms with Gasteiger partial charge in [0.2, 0.25) is 5.91 Å². The standard InChI is InChI=1S/C16H23NO3/c1-11-8-14(19-2)15(20-3)10-13(11)17-16(18)9-12-6-4-5-7-12/h8,10,12H,4-7,9H2,1-3H3,(H,17,18). The molecule has 1 aromatic rings. The van der Waals surface area contributed by atoms with E-state index in [2.05, 4.69) is 5.32 Å². The van der Waals surface area contributed by atoms with Crippen molar-refractivity contribution in [2.24, 2.45) is 5.92 Å². The first kappa shape index (κ1) is 14.7. The van der Waals surface area contributed by atoms with Gasteiger partial charge in [-0.15, -0.1) is 0 Å². The van der Waals surface area contributed by atoms with Crippen molar-refractivity contribution < 1.29 is 14.3 Å². The highest BCUT2D eigenvalue weighted by molar-refractivity contribution is 5.92. The van der Waals surface area contributed by atoms with E-state index >= 15 is 0 Å². The lowest BCUT2D eigenvalue weighted by molar-refractivity contribution is -0.117. The Bertz CT molecular complexity index is 479. The van der Waals surface area contributed by atoms with E-state index in [9.17, 15) is 4.79 Å². The molecular formula is C16H23NO3. The maximum Gasteiger partial charge on any atom is 0.224 e. The second-order valence-electron chi connectivity index (χ2n) is 5.42. The summed E-state index contributed by atoms with van der Waals surface area (Å²) in [6, 6.07) is 3.70. The molecule has 1 fully saturated rings. The third kappa shape index (κ3) is 3.44. The van der Waals surface area contributed by atoms with Crippen LogP contribution in [-0.4, -0.2) is 20.1 Å². The maximum absolute atomic E-state index is 12.1. The molecule has 0 atom stereocenters. The predicted molar refractivity (Wildman–Crippen MR) is 79.5 cm³/mol. The van der Waals surface area contributed by atoms with Crippen molar-refractivity contribution in [3.8, 4) is 11.5 Å². The molecule has 2 rings (SSSR count). The Morgan fingerprint density at radius 3 is 2.40 bits per heavy atom. The maximum atomic E-state index is 12.1. The molecule has 110 valence electrons. The van der Waals surface area contributed by atoms with Gasteiger partial charge in [-0.1, -0.05) is 12.8 Å². The van der Waals surface area contributed by atoms with Gasteiger partial charge >= 0.3 is 0 Å². The van der Waals surface area contributed by atoms with E-state index < -0.39 is 0 Å². The normalized spacial score (nSPS) is 15.2. The molecule has 0 heterocycles. The van der Waals surface area contributed by atoms with Gasteiger partial charge in [0, 0.05) is 18.2 Å². The van der Waals surface area contributed by atoms with Gasteiger partial charge in [0.15, 0.2) is 11.5 Å². The number of amides is 1. The van der Waals surface area contributed by atoms with Gasteiger partial charge in [-0.25, -0.2) is 0 Å². The molecule has 1 aliphatic carbocycles. The topological polar surface area (TPSA) is 47.6 Å². The fourth-order valence-corrected chi connectivity index (χ4v) is 2.79. The van der Waals surface area contributed by atoms with Gasteiger partial charge in [-0.05, 0) is 37.3 Å². The Morgan fingerprint density at radius 2 is 1.80 bits per heavy atom. The quantitative estimate of drug-likeness (QED) is 0.895. The van der Waals surface area contributed by atoms with Crippen LogP contribution in [0.1, 0.15) is 37.7 Å². The van der Waals surface area contributed by atoms with E-state index in [1.807, 2.05) is 19.1 Å². The molecule has 1 N–H and O–H groups in total. The highest BCUT2D eigenvalue weighted by Crippen LogP contribution is 2.33. The van der Waals surface area contributed by atoms with E-state index in [1.54, 1.807) is 14.2 Å². The second-order valence-corrected chi connectivity index (χ2v) is 5.42. The van der Waals surface area contributed by atoms with Crippen molar-refractivity contribution in [2.45, 2.75) is 39.0 Å². The van der Waals surface area contributed by atoms with Crippen molar-refractivity contribution >= 4 is 11.6 Å². The monoisotopic (exact) mass is 277 g/mol. The van der Waals surface area contributed by atoms with Gasteiger partial charge < -0.3 is 14.8 Å². The first-order chi connectivity index (χ1) is 9.63. The van der Waals surface area contributed by atoms with E-state index in [0.29, 0.717) is 23.8 Å². The van der Waals surface area contributed by atoms with Crippen LogP contribution < -0.4 is 14.8 Å². The molecule has 1 amide bonds. The summed E-state index contributed by atoms with van der Waals surface area (Å²) < 4.78 is 10.5. The minimum atomic E-state index is 0.0900. The number of rotatable bonds is 5. The summed E-state index contributed by atoms with van der Waals surface area (Å²) in [4.78, 5) is 12.1. The Labute approximate surface area is 120 Å². The van der Waals surface area contributed by atoms with Gasteiger partial charge in [0.25, 0.3) is 0 Å². The fourth-order valence-electron chi connectivity index (χ4n) is 2.79. The number of carbonyl (C=O) groups is 1. The van der Waals surface area contributed by atoms with Crippen molar-refractivity contribution in [3.05, 3.63) is 17.7 Å². The minimum absolute atomic E-state index is 0.0900. The molecule has 20 heavy (non-hydrogen) atoms. The van der Waals surface area contributed by atoms with E-state index in [0.717, 1.165) is 11.3 Å². The molecule has 1 saturated carbocycles. The summed E-state index contributed by atoms with van der Waals surface area (Å²) in [6.45, 7) is 1.95. The molecule has 0 bridgehead atoms. The number of carbonyl (C=O) groups excluding carboxylic acids is 1. The number of benzene rings is 1. The Hall–Kier alpha value is -1.71. The molecule has 0 saturated heterocycles. The van der Waals surface area contributed by atoms with Crippen molar-refractivity contribution in [3.63, 3.8) is 0 Å². The van der Waals surface area contributed by atoms with E-state index in [4.69, 9.17) is 9.47 Å². The summed E-state index contributed by atoms with van der Waals surface area (Å²) in [7, 11) is 3.20. The number of methoxy groups -OCH3 is 2. The van der Waals surface area contributed by atoms with Gasteiger partial charge in [-0.3, -0.25) is 4.79 Å². The zero-order valence-corrected chi connectivity index (χ0v) is 12.5.